The van der Waals surface area contributed by atoms with Gasteiger partial charge >= 0.3 is 5.97 Å². The van der Waals surface area contributed by atoms with E-state index in [0.717, 1.165) is 5.56 Å². The van der Waals surface area contributed by atoms with E-state index in [1.165, 1.54) is 0 Å². The van der Waals surface area contributed by atoms with Gasteiger partial charge < -0.3 is 10.1 Å². The molecule has 0 saturated heterocycles. The summed E-state index contributed by atoms with van der Waals surface area (Å²) >= 11 is 12.0. The molecule has 1 amide bonds. The highest BCUT2D eigenvalue weighted by Crippen LogP contribution is 2.27. The maximum Gasteiger partial charge on any atom is 0.339 e. The van der Waals surface area contributed by atoms with E-state index in [4.69, 9.17) is 27.9 Å². The predicted octanol–water partition coefficient (Wildman–Crippen LogP) is 6.83. The summed E-state index contributed by atoms with van der Waals surface area (Å²) < 4.78 is 5.63. The molecule has 31 heavy (non-hydrogen) atoms. The Balaban J connectivity index is 1.84. The number of esters is 1. The van der Waals surface area contributed by atoms with Crippen LogP contribution in [0.25, 0.3) is 0 Å². The first kappa shape index (κ1) is 22.9. The summed E-state index contributed by atoms with van der Waals surface area (Å²) in [5, 5.41) is 3.49. The Kier molecular flexibility index (Phi) is 7.04. The van der Waals surface area contributed by atoms with Crippen molar-refractivity contribution < 1.29 is 14.3 Å². The van der Waals surface area contributed by atoms with Crippen LogP contribution in [0.3, 0.4) is 0 Å². The van der Waals surface area contributed by atoms with E-state index in [1.807, 2.05) is 18.2 Å². The second kappa shape index (κ2) is 9.54. The molecular formula is C25H23Cl2NO3. The molecule has 0 heterocycles. The molecule has 0 spiro atoms. The predicted molar refractivity (Wildman–Crippen MR) is 125 cm³/mol. The van der Waals surface area contributed by atoms with E-state index >= 15 is 0 Å². The van der Waals surface area contributed by atoms with Crippen LogP contribution in [0.5, 0.6) is 0 Å². The molecule has 0 aliphatic heterocycles. The fourth-order valence-corrected chi connectivity index (χ4v) is 3.54. The third kappa shape index (κ3) is 6.09. The maximum absolute atomic E-state index is 13.0. The molecule has 160 valence electrons. The Morgan fingerprint density at radius 3 is 2.00 bits per heavy atom. The highest BCUT2D eigenvalue weighted by atomic mass is 35.5. The first-order chi connectivity index (χ1) is 14.6. The van der Waals surface area contributed by atoms with Crippen molar-refractivity contribution in [1.29, 1.82) is 0 Å². The summed E-state index contributed by atoms with van der Waals surface area (Å²) in [7, 11) is 0. The summed E-state index contributed by atoms with van der Waals surface area (Å²) in [4.78, 5) is 25.8. The largest absolute Gasteiger partial charge is 0.444 e. The minimum Gasteiger partial charge on any atom is -0.444 e. The molecule has 4 nitrogen and oxygen atoms in total. The minimum absolute atomic E-state index is 0.0346. The number of carbonyl (C=O) groups excluding carboxylic acids is 2. The highest BCUT2D eigenvalue weighted by molar-refractivity contribution is 6.35. The number of halogens is 2. The average Bonchev–Trinajstić information content (AvgIpc) is 2.71. The number of benzene rings is 3. The third-order valence-electron chi connectivity index (χ3n) is 4.68. The topological polar surface area (TPSA) is 55.4 Å². The van der Waals surface area contributed by atoms with Gasteiger partial charge in [-0.1, -0.05) is 86.4 Å². The number of anilines is 1. The summed E-state index contributed by atoms with van der Waals surface area (Å²) in [5.41, 5.74) is 2.39. The van der Waals surface area contributed by atoms with Crippen molar-refractivity contribution in [3.8, 4) is 0 Å². The molecule has 0 radical (unpaired) electrons. The Morgan fingerprint density at radius 2 is 1.45 bits per heavy atom. The van der Waals surface area contributed by atoms with Crippen LogP contribution < -0.4 is 5.32 Å². The van der Waals surface area contributed by atoms with Crippen LogP contribution in [0.1, 0.15) is 48.4 Å². The van der Waals surface area contributed by atoms with Gasteiger partial charge in [0.1, 0.15) is 0 Å². The Morgan fingerprint density at radius 1 is 0.871 bits per heavy atom. The van der Waals surface area contributed by atoms with Crippen molar-refractivity contribution in [2.24, 2.45) is 0 Å². The van der Waals surface area contributed by atoms with Crippen molar-refractivity contribution in [2.45, 2.75) is 32.3 Å². The summed E-state index contributed by atoms with van der Waals surface area (Å²) in [6.07, 6.45) is -1.14. The number of nitrogens with one attached hydrogen (secondary N) is 1. The number of amides is 1. The van der Waals surface area contributed by atoms with E-state index < -0.39 is 18.0 Å². The molecule has 0 bridgehead atoms. The van der Waals surface area contributed by atoms with Crippen LogP contribution in [0, 0.1) is 0 Å². The van der Waals surface area contributed by atoms with Gasteiger partial charge in [0.25, 0.3) is 5.91 Å². The van der Waals surface area contributed by atoms with Gasteiger partial charge in [0.15, 0.2) is 0 Å². The van der Waals surface area contributed by atoms with Gasteiger partial charge in [0, 0.05) is 21.3 Å². The molecule has 6 heteroatoms. The first-order valence-corrected chi connectivity index (χ1v) is 10.5. The van der Waals surface area contributed by atoms with Gasteiger partial charge in [0.2, 0.25) is 6.10 Å². The van der Waals surface area contributed by atoms with Crippen molar-refractivity contribution in [3.05, 3.63) is 99.5 Å². The first-order valence-electron chi connectivity index (χ1n) is 9.77. The lowest BCUT2D eigenvalue weighted by Crippen LogP contribution is -2.26. The summed E-state index contributed by atoms with van der Waals surface area (Å²) in [5.74, 6) is -1.10. The molecule has 0 unspecified atom stereocenters. The molecule has 0 aliphatic rings. The Bertz CT molecular complexity index is 1050. The lowest BCUT2D eigenvalue weighted by Gasteiger charge is -2.20. The number of rotatable bonds is 5. The van der Waals surface area contributed by atoms with Crippen LogP contribution >= 0.6 is 23.2 Å². The van der Waals surface area contributed by atoms with Crippen molar-refractivity contribution >= 4 is 40.8 Å². The molecule has 3 rings (SSSR count). The lowest BCUT2D eigenvalue weighted by molar-refractivity contribution is -0.125. The quantitative estimate of drug-likeness (QED) is 0.428. The van der Waals surface area contributed by atoms with Gasteiger partial charge in [0.05, 0.1) is 5.56 Å². The molecule has 1 N–H and O–H groups in total. The standard InChI is InChI=1S/C25H23Cl2NO3/c1-25(2,3)18-11-9-17(10-12-18)24(30)31-22(16-7-5-4-6-8-16)23(29)28-21-14-19(26)13-20(27)15-21/h4-15,22H,1-3H3,(H,28,29)/t22-/m1/s1. The second-order valence-electron chi connectivity index (χ2n) is 8.17. The van der Waals surface area contributed by atoms with Crippen molar-refractivity contribution in [2.75, 3.05) is 5.32 Å². The normalized spacial score (nSPS) is 12.2. The van der Waals surface area contributed by atoms with E-state index in [2.05, 4.69) is 26.1 Å². The average molecular weight is 456 g/mol. The van der Waals surface area contributed by atoms with Gasteiger partial charge in [-0.2, -0.15) is 0 Å². The van der Waals surface area contributed by atoms with E-state index in [1.54, 1.807) is 54.6 Å². The molecule has 1 atom stereocenters. The highest BCUT2D eigenvalue weighted by Gasteiger charge is 2.26. The lowest BCUT2D eigenvalue weighted by atomic mass is 9.87. The zero-order valence-corrected chi connectivity index (χ0v) is 19.0. The van der Waals surface area contributed by atoms with Crippen LogP contribution in [-0.4, -0.2) is 11.9 Å². The zero-order chi connectivity index (χ0) is 22.6. The van der Waals surface area contributed by atoms with Crippen molar-refractivity contribution in [1.82, 2.24) is 0 Å². The van der Waals surface area contributed by atoms with Gasteiger partial charge in [-0.05, 0) is 41.3 Å². The van der Waals surface area contributed by atoms with Gasteiger partial charge in [-0.25, -0.2) is 4.79 Å². The molecule has 0 fully saturated rings. The van der Waals surface area contributed by atoms with E-state index in [-0.39, 0.29) is 5.41 Å². The van der Waals surface area contributed by atoms with Gasteiger partial charge in [-0.15, -0.1) is 0 Å². The Hall–Kier alpha value is -2.82. The molecule has 3 aromatic carbocycles. The number of hydrogen-bond donors (Lipinski definition) is 1. The monoisotopic (exact) mass is 455 g/mol. The summed E-state index contributed by atoms with van der Waals surface area (Å²) in [6, 6.07) is 20.7. The Labute approximate surface area is 192 Å². The number of carbonyl (C=O) groups is 2. The van der Waals surface area contributed by atoms with Crippen LogP contribution in [0.2, 0.25) is 10.0 Å². The molecule has 0 aliphatic carbocycles. The van der Waals surface area contributed by atoms with Gasteiger partial charge in [-0.3, -0.25) is 4.79 Å². The molecule has 0 saturated carbocycles. The second-order valence-corrected chi connectivity index (χ2v) is 9.04. The molecular weight excluding hydrogens is 433 g/mol. The van der Waals surface area contributed by atoms with Crippen LogP contribution in [0.15, 0.2) is 72.8 Å². The fraction of sp³-hybridized carbons (Fsp3) is 0.200. The van der Waals surface area contributed by atoms with E-state index in [0.29, 0.717) is 26.9 Å². The molecule has 0 aromatic heterocycles. The van der Waals surface area contributed by atoms with Crippen LogP contribution in [-0.2, 0) is 14.9 Å². The number of hydrogen-bond acceptors (Lipinski definition) is 3. The SMILES string of the molecule is CC(C)(C)c1ccc(C(=O)O[C@@H](C(=O)Nc2cc(Cl)cc(Cl)c2)c2ccccc2)cc1. The molecule has 3 aromatic rings. The smallest absolute Gasteiger partial charge is 0.339 e. The minimum atomic E-state index is -1.14. The van der Waals surface area contributed by atoms with Crippen LogP contribution in [0.4, 0.5) is 5.69 Å². The van der Waals surface area contributed by atoms with Crippen molar-refractivity contribution in [3.63, 3.8) is 0 Å². The van der Waals surface area contributed by atoms with E-state index in [9.17, 15) is 9.59 Å². The fourth-order valence-electron chi connectivity index (χ4n) is 3.02. The third-order valence-corrected chi connectivity index (χ3v) is 5.12. The maximum atomic E-state index is 13.0. The summed E-state index contributed by atoms with van der Waals surface area (Å²) in [6.45, 7) is 6.29. The number of ether oxygens (including phenoxy) is 1. The zero-order valence-electron chi connectivity index (χ0n) is 17.5.